The number of amides is 1. The molecule has 1 aliphatic carbocycles. The van der Waals surface area contributed by atoms with E-state index in [2.05, 4.69) is 10.6 Å². The van der Waals surface area contributed by atoms with Gasteiger partial charge in [0.05, 0.1) is 5.54 Å². The first-order valence-corrected chi connectivity index (χ1v) is 6.48. The van der Waals surface area contributed by atoms with E-state index in [-0.39, 0.29) is 5.91 Å². The van der Waals surface area contributed by atoms with E-state index in [0.29, 0.717) is 18.2 Å². The van der Waals surface area contributed by atoms with Gasteiger partial charge in [-0.2, -0.15) is 0 Å². The number of rotatable bonds is 1. The third-order valence-corrected chi connectivity index (χ3v) is 3.97. The van der Waals surface area contributed by atoms with Gasteiger partial charge in [0, 0.05) is 12.6 Å². The highest BCUT2D eigenvalue weighted by Gasteiger charge is 2.45. The van der Waals surface area contributed by atoms with Gasteiger partial charge < -0.3 is 10.6 Å². The lowest BCUT2D eigenvalue weighted by molar-refractivity contribution is -0.128. The summed E-state index contributed by atoms with van der Waals surface area (Å²) in [6, 6.07) is 3.81. The van der Waals surface area contributed by atoms with Gasteiger partial charge >= 0.3 is 0 Å². The van der Waals surface area contributed by atoms with Gasteiger partial charge in [-0.05, 0) is 30.5 Å². The first-order chi connectivity index (χ1) is 9.09. The second-order valence-corrected chi connectivity index (χ2v) is 5.23. The zero-order valence-corrected chi connectivity index (χ0v) is 10.4. The average molecular weight is 265 g/mol. The van der Waals surface area contributed by atoms with Crippen molar-refractivity contribution in [2.75, 3.05) is 6.54 Å². The van der Waals surface area contributed by atoms with Crippen LogP contribution < -0.4 is 10.6 Å². The van der Waals surface area contributed by atoms with E-state index in [9.17, 15) is 13.6 Å². The monoisotopic (exact) mass is 265 g/mol. The highest BCUT2D eigenvalue weighted by Crippen LogP contribution is 2.33. The van der Waals surface area contributed by atoms with Gasteiger partial charge in [-0.1, -0.05) is 12.8 Å². The van der Waals surface area contributed by atoms with E-state index < -0.39 is 17.2 Å². The molecule has 5 heteroatoms. The normalized spacial score (nSPS) is 22.7. The molecule has 0 unspecified atom stereocenters. The zero-order valence-electron chi connectivity index (χ0n) is 10.4. The molecule has 1 aromatic carbocycles. The Morgan fingerprint density at radius 1 is 1.05 bits per heavy atom. The first kappa shape index (κ1) is 12.5. The number of hydrogen-bond acceptors (Lipinski definition) is 2. The molecule has 2 N–H and O–H groups in total. The van der Waals surface area contributed by atoms with Crippen molar-refractivity contribution in [3.63, 3.8) is 0 Å². The van der Waals surface area contributed by atoms with Gasteiger partial charge in [0.2, 0.25) is 5.91 Å². The molecule has 2 aliphatic rings. The summed E-state index contributed by atoms with van der Waals surface area (Å²) in [6.45, 7) is 0.425. The molecular formula is C14H15F2N2O. The van der Waals surface area contributed by atoms with E-state index in [1.165, 1.54) is 12.1 Å². The molecule has 1 saturated heterocycles. The van der Waals surface area contributed by atoms with Gasteiger partial charge in [0.15, 0.2) is 0 Å². The van der Waals surface area contributed by atoms with Crippen LogP contribution in [0.2, 0.25) is 0 Å². The van der Waals surface area contributed by atoms with Gasteiger partial charge in [0.1, 0.15) is 17.7 Å². The van der Waals surface area contributed by atoms with Crippen molar-refractivity contribution in [2.45, 2.75) is 31.2 Å². The number of halogens is 2. The van der Waals surface area contributed by atoms with Crippen molar-refractivity contribution in [2.24, 2.45) is 0 Å². The molecule has 1 aromatic rings. The maximum absolute atomic E-state index is 13.2. The highest BCUT2D eigenvalue weighted by molar-refractivity contribution is 5.89. The lowest BCUT2D eigenvalue weighted by atomic mass is 9.91. The standard InChI is InChI=1S/C14H15F2N2O/c15-10-5-9(6-11(16)7-10)12-8-17-14(13(19)18-12)3-1-2-4-14/h5-7,17H,1-4,8H2,(H,18,19). The number of nitrogens with one attached hydrogen (secondary N) is 2. The molecule has 1 aliphatic heterocycles. The van der Waals surface area contributed by atoms with Crippen LogP contribution in [0.5, 0.6) is 0 Å². The molecule has 0 aromatic heterocycles. The van der Waals surface area contributed by atoms with Crippen LogP contribution in [0.4, 0.5) is 8.78 Å². The summed E-state index contributed by atoms with van der Waals surface area (Å²) in [6.07, 6.45) is 3.71. The van der Waals surface area contributed by atoms with E-state index in [1.807, 2.05) is 0 Å². The fraction of sp³-hybridized carbons (Fsp3) is 0.429. The maximum atomic E-state index is 13.2. The van der Waals surface area contributed by atoms with Crippen molar-refractivity contribution in [3.8, 4) is 0 Å². The second kappa shape index (κ2) is 4.56. The number of benzene rings is 1. The summed E-state index contributed by atoms with van der Waals surface area (Å²) in [5.74, 6) is -1.37. The Morgan fingerprint density at radius 3 is 2.26 bits per heavy atom. The molecule has 2 fully saturated rings. The molecule has 0 bridgehead atoms. The molecule has 3 nitrogen and oxygen atoms in total. The second-order valence-electron chi connectivity index (χ2n) is 5.23. The Morgan fingerprint density at radius 2 is 1.68 bits per heavy atom. The highest BCUT2D eigenvalue weighted by atomic mass is 19.1. The van der Waals surface area contributed by atoms with Crippen LogP contribution in [0.25, 0.3) is 0 Å². The molecule has 19 heavy (non-hydrogen) atoms. The molecule has 3 rings (SSSR count). The number of piperazine rings is 1. The summed E-state index contributed by atoms with van der Waals surface area (Å²) in [4.78, 5) is 12.2. The molecular weight excluding hydrogens is 250 g/mol. The van der Waals surface area contributed by atoms with Crippen LogP contribution in [-0.4, -0.2) is 18.0 Å². The fourth-order valence-electron chi connectivity index (χ4n) is 2.92. The topological polar surface area (TPSA) is 41.1 Å². The molecule has 1 saturated carbocycles. The van der Waals surface area contributed by atoms with Crippen LogP contribution in [0.15, 0.2) is 18.2 Å². The van der Waals surface area contributed by atoms with E-state index in [4.69, 9.17) is 0 Å². The van der Waals surface area contributed by atoms with E-state index >= 15 is 0 Å². The molecule has 1 heterocycles. The van der Waals surface area contributed by atoms with Crippen molar-refractivity contribution in [1.82, 2.24) is 10.6 Å². The molecule has 0 atom stereocenters. The Kier molecular flexibility index (Phi) is 3.01. The maximum Gasteiger partial charge on any atom is 0.241 e. The minimum absolute atomic E-state index is 0.0871. The third kappa shape index (κ3) is 2.23. The van der Waals surface area contributed by atoms with Gasteiger partial charge in [-0.25, -0.2) is 8.78 Å². The lowest BCUT2D eigenvalue weighted by Crippen LogP contribution is -2.62. The third-order valence-electron chi connectivity index (χ3n) is 3.97. The molecule has 1 spiro atoms. The predicted octanol–water partition coefficient (Wildman–Crippen LogP) is 1.88. The Balaban J connectivity index is 1.80. The van der Waals surface area contributed by atoms with Crippen molar-refractivity contribution in [1.29, 1.82) is 0 Å². The quantitative estimate of drug-likeness (QED) is 0.814. The van der Waals surface area contributed by atoms with Gasteiger partial charge in [-0.15, -0.1) is 0 Å². The summed E-state index contributed by atoms with van der Waals surface area (Å²) < 4.78 is 26.4. The number of carbonyl (C=O) groups is 1. The van der Waals surface area contributed by atoms with Crippen LogP contribution in [0, 0.1) is 17.7 Å². The Hall–Kier alpha value is -1.49. The Bertz CT molecular complexity index is 492. The van der Waals surface area contributed by atoms with Crippen LogP contribution in [0.1, 0.15) is 31.2 Å². The van der Waals surface area contributed by atoms with Crippen molar-refractivity contribution >= 4 is 5.91 Å². The predicted molar refractivity (Wildman–Crippen MR) is 66.0 cm³/mol. The minimum Gasteiger partial charge on any atom is -0.341 e. The van der Waals surface area contributed by atoms with Crippen molar-refractivity contribution in [3.05, 3.63) is 41.4 Å². The molecule has 1 amide bonds. The minimum atomic E-state index is -0.641. The van der Waals surface area contributed by atoms with Gasteiger partial charge in [0.25, 0.3) is 0 Å². The number of hydrogen-bond donors (Lipinski definition) is 2. The average Bonchev–Trinajstić information content (AvgIpc) is 2.81. The zero-order chi connectivity index (χ0) is 13.5. The SMILES string of the molecule is O=C1N[C](c2cc(F)cc(F)c2)CNC12CCCC2. The molecule has 101 valence electrons. The Labute approximate surface area is 110 Å². The van der Waals surface area contributed by atoms with Crippen LogP contribution in [-0.2, 0) is 4.79 Å². The van der Waals surface area contributed by atoms with Gasteiger partial charge in [-0.3, -0.25) is 4.79 Å². The first-order valence-electron chi connectivity index (χ1n) is 6.48. The summed E-state index contributed by atoms with van der Waals surface area (Å²) in [5.41, 5.74) is -0.0961. The number of carbonyl (C=O) groups excluding carboxylic acids is 1. The van der Waals surface area contributed by atoms with Crippen LogP contribution in [0.3, 0.4) is 0 Å². The fourth-order valence-corrected chi connectivity index (χ4v) is 2.92. The van der Waals surface area contributed by atoms with E-state index in [1.54, 1.807) is 0 Å². The summed E-state index contributed by atoms with van der Waals surface area (Å²) >= 11 is 0. The smallest absolute Gasteiger partial charge is 0.241 e. The van der Waals surface area contributed by atoms with Crippen LogP contribution >= 0.6 is 0 Å². The van der Waals surface area contributed by atoms with E-state index in [0.717, 1.165) is 31.7 Å². The summed E-state index contributed by atoms with van der Waals surface area (Å²) in [7, 11) is 0. The largest absolute Gasteiger partial charge is 0.341 e. The van der Waals surface area contributed by atoms with Crippen molar-refractivity contribution < 1.29 is 13.6 Å². The lowest BCUT2D eigenvalue weighted by Gasteiger charge is -2.37. The molecule has 1 radical (unpaired) electrons. The summed E-state index contributed by atoms with van der Waals surface area (Å²) in [5, 5.41) is 6.04.